The molecule has 0 heterocycles. The van der Waals surface area contributed by atoms with E-state index in [0.29, 0.717) is 11.5 Å². The van der Waals surface area contributed by atoms with E-state index < -0.39 is 0 Å². The maximum Gasteiger partial charge on any atom is 0.143 e. The second-order valence-corrected chi connectivity index (χ2v) is 5.35. The first kappa shape index (κ1) is 12.8. The molecule has 1 nitrogen and oxygen atoms in total. The van der Waals surface area contributed by atoms with Gasteiger partial charge in [-0.25, -0.2) is 0 Å². The molecule has 15 heavy (non-hydrogen) atoms. The second-order valence-electron chi connectivity index (χ2n) is 3.39. The van der Waals surface area contributed by atoms with Crippen LogP contribution in [-0.4, -0.2) is 11.5 Å². The van der Waals surface area contributed by atoms with Gasteiger partial charge in [0.25, 0.3) is 0 Å². The summed E-state index contributed by atoms with van der Waals surface area (Å²) in [6.45, 7) is 2.11. The highest BCUT2D eigenvalue weighted by atomic mass is 79.9. The standard InChI is InChI=1S/C12H15BrOS/c1-2-3-6-11(14)9-15-12-7-4-5-10(13)8-12/h4-5,7-8H,2-3,6,9H2,1H3. The van der Waals surface area contributed by atoms with Crippen LogP contribution in [0.2, 0.25) is 0 Å². The smallest absolute Gasteiger partial charge is 0.143 e. The van der Waals surface area contributed by atoms with Gasteiger partial charge < -0.3 is 0 Å². The molecule has 0 unspecified atom stereocenters. The summed E-state index contributed by atoms with van der Waals surface area (Å²) in [6.07, 6.45) is 2.82. The predicted molar refractivity (Wildman–Crippen MR) is 69.4 cm³/mol. The van der Waals surface area contributed by atoms with Gasteiger partial charge in [-0.1, -0.05) is 35.3 Å². The topological polar surface area (TPSA) is 17.1 Å². The van der Waals surface area contributed by atoms with Gasteiger partial charge in [-0.3, -0.25) is 4.79 Å². The Kier molecular flexibility index (Phi) is 6.03. The quantitative estimate of drug-likeness (QED) is 0.726. The minimum Gasteiger partial charge on any atom is -0.299 e. The van der Waals surface area contributed by atoms with Crippen LogP contribution in [0.3, 0.4) is 0 Å². The van der Waals surface area contributed by atoms with Crippen molar-refractivity contribution in [1.82, 2.24) is 0 Å². The van der Waals surface area contributed by atoms with Crippen LogP contribution < -0.4 is 0 Å². The molecule has 0 N–H and O–H groups in total. The van der Waals surface area contributed by atoms with Gasteiger partial charge >= 0.3 is 0 Å². The number of benzene rings is 1. The molecule has 0 saturated heterocycles. The Morgan fingerprint density at radius 3 is 2.93 bits per heavy atom. The van der Waals surface area contributed by atoms with Crippen molar-refractivity contribution in [1.29, 1.82) is 0 Å². The van der Waals surface area contributed by atoms with E-state index >= 15 is 0 Å². The number of hydrogen-bond acceptors (Lipinski definition) is 2. The SMILES string of the molecule is CCCCC(=O)CSc1cccc(Br)c1. The monoisotopic (exact) mass is 286 g/mol. The van der Waals surface area contributed by atoms with Crippen molar-refractivity contribution in [2.24, 2.45) is 0 Å². The molecule has 0 aromatic heterocycles. The number of carbonyl (C=O) groups excluding carboxylic acids is 1. The van der Waals surface area contributed by atoms with Crippen LogP contribution in [0.5, 0.6) is 0 Å². The molecule has 0 radical (unpaired) electrons. The Morgan fingerprint density at radius 1 is 1.47 bits per heavy atom. The van der Waals surface area contributed by atoms with Gasteiger partial charge in [0, 0.05) is 15.8 Å². The number of halogens is 1. The van der Waals surface area contributed by atoms with Gasteiger partial charge in [0.05, 0.1) is 5.75 Å². The lowest BCUT2D eigenvalue weighted by molar-refractivity contribution is -0.116. The first-order chi connectivity index (χ1) is 7.22. The summed E-state index contributed by atoms with van der Waals surface area (Å²) >= 11 is 5.03. The maximum atomic E-state index is 11.4. The van der Waals surface area contributed by atoms with Crippen molar-refractivity contribution < 1.29 is 4.79 Å². The average molecular weight is 287 g/mol. The molecule has 1 aromatic rings. The summed E-state index contributed by atoms with van der Waals surface area (Å²) in [5.74, 6) is 0.943. The molecule has 0 aliphatic heterocycles. The van der Waals surface area contributed by atoms with Gasteiger partial charge in [0.15, 0.2) is 0 Å². The van der Waals surface area contributed by atoms with E-state index in [1.165, 1.54) is 0 Å². The second kappa shape index (κ2) is 7.07. The molecule has 3 heteroatoms. The van der Waals surface area contributed by atoms with E-state index in [9.17, 15) is 4.79 Å². The van der Waals surface area contributed by atoms with Crippen molar-refractivity contribution in [3.8, 4) is 0 Å². The first-order valence-electron chi connectivity index (χ1n) is 5.12. The highest BCUT2D eigenvalue weighted by Gasteiger charge is 2.02. The lowest BCUT2D eigenvalue weighted by atomic mass is 10.2. The highest BCUT2D eigenvalue weighted by molar-refractivity contribution is 9.10. The molecular formula is C12H15BrOS. The van der Waals surface area contributed by atoms with Crippen LogP contribution in [-0.2, 0) is 4.79 Å². The molecule has 1 rings (SSSR count). The van der Waals surface area contributed by atoms with E-state index in [0.717, 1.165) is 28.6 Å². The summed E-state index contributed by atoms with van der Waals surface area (Å²) in [6, 6.07) is 8.05. The molecule has 0 bridgehead atoms. The number of unbranched alkanes of at least 4 members (excludes halogenated alkanes) is 1. The van der Waals surface area contributed by atoms with Crippen LogP contribution in [0.15, 0.2) is 33.6 Å². The van der Waals surface area contributed by atoms with Crippen molar-refractivity contribution >= 4 is 33.5 Å². The average Bonchev–Trinajstić information content (AvgIpc) is 2.23. The van der Waals surface area contributed by atoms with Crippen LogP contribution in [0.1, 0.15) is 26.2 Å². The van der Waals surface area contributed by atoms with Gasteiger partial charge in [0.2, 0.25) is 0 Å². The predicted octanol–water partition coefficient (Wildman–Crippen LogP) is 4.30. The van der Waals surface area contributed by atoms with E-state index in [-0.39, 0.29) is 0 Å². The number of hydrogen-bond donors (Lipinski definition) is 0. The lowest BCUT2D eigenvalue weighted by Crippen LogP contribution is -2.00. The van der Waals surface area contributed by atoms with E-state index in [1.807, 2.05) is 24.3 Å². The van der Waals surface area contributed by atoms with Gasteiger partial charge in [-0.05, 0) is 24.6 Å². The maximum absolute atomic E-state index is 11.4. The summed E-state index contributed by atoms with van der Waals surface area (Å²) in [7, 11) is 0. The van der Waals surface area contributed by atoms with E-state index in [4.69, 9.17) is 0 Å². The van der Waals surface area contributed by atoms with Crippen LogP contribution in [0.25, 0.3) is 0 Å². The number of thioether (sulfide) groups is 1. The fourth-order valence-electron chi connectivity index (χ4n) is 1.17. The zero-order valence-electron chi connectivity index (χ0n) is 8.83. The minimum absolute atomic E-state index is 0.349. The third kappa shape index (κ3) is 5.38. The molecule has 0 saturated carbocycles. The molecule has 0 fully saturated rings. The van der Waals surface area contributed by atoms with Crippen molar-refractivity contribution in [3.63, 3.8) is 0 Å². The van der Waals surface area contributed by atoms with Gasteiger partial charge in [0.1, 0.15) is 5.78 Å². The Labute approximate surface area is 104 Å². The van der Waals surface area contributed by atoms with Crippen LogP contribution >= 0.6 is 27.7 Å². The lowest BCUT2D eigenvalue weighted by Gasteiger charge is -2.01. The fraction of sp³-hybridized carbons (Fsp3) is 0.417. The Morgan fingerprint density at radius 2 is 2.27 bits per heavy atom. The minimum atomic E-state index is 0.349. The Balaban J connectivity index is 2.33. The Hall–Kier alpha value is -0.280. The number of Topliss-reactive ketones (excluding diaryl/α,β-unsaturated/α-hetero) is 1. The normalized spacial score (nSPS) is 10.3. The van der Waals surface area contributed by atoms with Crippen LogP contribution in [0.4, 0.5) is 0 Å². The summed E-state index contributed by atoms with van der Waals surface area (Å²) in [5, 5.41) is 0. The third-order valence-corrected chi connectivity index (χ3v) is 3.55. The van der Waals surface area contributed by atoms with Crippen molar-refractivity contribution in [3.05, 3.63) is 28.7 Å². The van der Waals surface area contributed by atoms with Gasteiger partial charge in [-0.2, -0.15) is 0 Å². The molecule has 0 aliphatic carbocycles. The van der Waals surface area contributed by atoms with Crippen molar-refractivity contribution in [2.45, 2.75) is 31.1 Å². The zero-order chi connectivity index (χ0) is 11.1. The molecular weight excluding hydrogens is 272 g/mol. The number of rotatable bonds is 6. The van der Waals surface area contributed by atoms with E-state index in [2.05, 4.69) is 22.9 Å². The summed E-state index contributed by atoms with van der Waals surface area (Å²) < 4.78 is 1.06. The summed E-state index contributed by atoms with van der Waals surface area (Å²) in [4.78, 5) is 12.6. The zero-order valence-corrected chi connectivity index (χ0v) is 11.2. The molecule has 0 atom stereocenters. The molecule has 0 spiro atoms. The molecule has 0 aliphatic rings. The fourth-order valence-corrected chi connectivity index (χ4v) is 2.57. The number of carbonyl (C=O) groups is 1. The Bertz CT molecular complexity index is 325. The largest absolute Gasteiger partial charge is 0.299 e. The molecule has 1 aromatic carbocycles. The highest BCUT2D eigenvalue weighted by Crippen LogP contribution is 2.22. The van der Waals surface area contributed by atoms with Crippen LogP contribution in [0, 0.1) is 0 Å². The summed E-state index contributed by atoms with van der Waals surface area (Å²) in [5.41, 5.74) is 0. The van der Waals surface area contributed by atoms with Gasteiger partial charge in [-0.15, -0.1) is 11.8 Å². The molecule has 82 valence electrons. The number of ketones is 1. The first-order valence-corrected chi connectivity index (χ1v) is 6.90. The van der Waals surface area contributed by atoms with Crippen molar-refractivity contribution in [2.75, 3.05) is 5.75 Å². The molecule has 0 amide bonds. The van der Waals surface area contributed by atoms with E-state index in [1.54, 1.807) is 11.8 Å². The third-order valence-electron chi connectivity index (χ3n) is 2.01.